The van der Waals surface area contributed by atoms with Gasteiger partial charge in [0, 0.05) is 16.9 Å². The van der Waals surface area contributed by atoms with Gasteiger partial charge in [0.25, 0.3) is 26.0 Å². The number of nitrogens with one attached hydrogen (secondary N) is 2. The fraction of sp³-hybridized carbons (Fsp3) is 0.0625. The van der Waals surface area contributed by atoms with Gasteiger partial charge in [-0.2, -0.15) is 0 Å². The summed E-state index contributed by atoms with van der Waals surface area (Å²) in [5.41, 5.74) is 2.15. The first-order valence-electron chi connectivity index (χ1n) is 13.3. The summed E-state index contributed by atoms with van der Waals surface area (Å²) in [5.74, 6) is -0.409. The van der Waals surface area contributed by atoms with Crippen LogP contribution in [0.3, 0.4) is 0 Å². The Morgan fingerprint density at radius 1 is 0.773 bits per heavy atom. The number of amides is 1. The maximum atomic E-state index is 14.0. The second-order valence-electron chi connectivity index (χ2n) is 9.77. The van der Waals surface area contributed by atoms with Gasteiger partial charge in [0.15, 0.2) is 0 Å². The Hall–Kier alpha value is -4.71. The maximum absolute atomic E-state index is 14.0. The van der Waals surface area contributed by atoms with Gasteiger partial charge in [0.1, 0.15) is 5.82 Å². The highest BCUT2D eigenvalue weighted by atomic mass is 35.5. The number of hydrogen-bond donors (Lipinski definition) is 2. The van der Waals surface area contributed by atoms with Crippen molar-refractivity contribution in [3.63, 3.8) is 0 Å². The zero-order valence-corrected chi connectivity index (χ0v) is 25.8. The van der Waals surface area contributed by atoms with Crippen molar-refractivity contribution in [2.24, 2.45) is 0 Å². The van der Waals surface area contributed by atoms with Crippen molar-refractivity contribution in [2.75, 3.05) is 14.3 Å². The number of anilines is 3. The third kappa shape index (κ3) is 7.08. The van der Waals surface area contributed by atoms with Crippen molar-refractivity contribution in [1.29, 1.82) is 0 Å². The van der Waals surface area contributed by atoms with Crippen LogP contribution in [0.15, 0.2) is 131 Å². The van der Waals surface area contributed by atoms with Crippen LogP contribution in [0.1, 0.15) is 21.5 Å². The molecule has 4 aromatic carbocycles. The van der Waals surface area contributed by atoms with Gasteiger partial charge in [-0.05, 0) is 85.3 Å². The molecular weight excluding hydrogens is 620 g/mol. The van der Waals surface area contributed by atoms with Crippen molar-refractivity contribution < 1.29 is 21.6 Å². The number of hydrogen-bond acceptors (Lipinski definition) is 6. The van der Waals surface area contributed by atoms with E-state index in [2.05, 4.69) is 15.0 Å². The number of rotatable bonds is 10. The quantitative estimate of drug-likeness (QED) is 0.179. The lowest BCUT2D eigenvalue weighted by molar-refractivity contribution is 0.102. The molecule has 5 aromatic rings. The van der Waals surface area contributed by atoms with Crippen LogP contribution in [0.5, 0.6) is 0 Å². The Morgan fingerprint density at radius 2 is 1.41 bits per heavy atom. The number of carbonyl (C=O) groups excluding carboxylic acids is 1. The summed E-state index contributed by atoms with van der Waals surface area (Å²) in [6.45, 7) is 1.80. The number of halogens is 1. The molecule has 0 spiro atoms. The van der Waals surface area contributed by atoms with Crippen molar-refractivity contribution >= 4 is 54.7 Å². The normalized spacial score (nSPS) is 11.5. The second-order valence-corrected chi connectivity index (χ2v) is 13.7. The number of para-hydroxylation sites is 1. The number of sulfonamides is 2. The average molecular weight is 647 g/mol. The summed E-state index contributed by atoms with van der Waals surface area (Å²) in [6.07, 6.45) is 1.47. The molecule has 0 fully saturated rings. The summed E-state index contributed by atoms with van der Waals surface area (Å²) in [7, 11) is -8.03. The molecule has 0 bridgehead atoms. The van der Waals surface area contributed by atoms with E-state index in [1.54, 1.807) is 66.7 Å². The third-order valence-corrected chi connectivity index (χ3v) is 9.99. The van der Waals surface area contributed by atoms with E-state index in [9.17, 15) is 21.6 Å². The fourth-order valence-corrected chi connectivity index (χ4v) is 6.92. The lowest BCUT2D eigenvalue weighted by Crippen LogP contribution is -2.32. The average Bonchev–Trinajstić information content (AvgIpc) is 3.01. The van der Waals surface area contributed by atoms with Crippen molar-refractivity contribution in [2.45, 2.75) is 23.3 Å². The van der Waals surface area contributed by atoms with Gasteiger partial charge in [-0.3, -0.25) is 13.8 Å². The molecule has 0 unspecified atom stereocenters. The minimum absolute atomic E-state index is 0.0279. The summed E-state index contributed by atoms with van der Waals surface area (Å²) in [5, 5.41) is 3.25. The fourth-order valence-electron chi connectivity index (χ4n) is 4.31. The first-order valence-corrected chi connectivity index (χ1v) is 16.6. The summed E-state index contributed by atoms with van der Waals surface area (Å²) < 4.78 is 57.1. The SMILES string of the molecule is Cc1ccc(S(=O)(=O)N(Cc2ccc(Cl)cc2)c2ccccc2C(=O)Nc2ccc(S(=O)(=O)Nc3ccccn3)cc2)cc1. The highest BCUT2D eigenvalue weighted by Crippen LogP contribution is 2.30. The molecule has 0 aliphatic rings. The molecule has 0 aliphatic carbocycles. The molecule has 44 heavy (non-hydrogen) atoms. The Balaban J connectivity index is 1.45. The van der Waals surface area contributed by atoms with E-state index in [-0.39, 0.29) is 33.4 Å². The van der Waals surface area contributed by atoms with Gasteiger partial charge in [0.05, 0.1) is 27.6 Å². The van der Waals surface area contributed by atoms with Gasteiger partial charge in [-0.25, -0.2) is 21.8 Å². The molecule has 1 amide bonds. The molecule has 0 saturated heterocycles. The predicted octanol–water partition coefficient (Wildman–Crippen LogP) is 6.49. The van der Waals surface area contributed by atoms with Crippen LogP contribution in [0.4, 0.5) is 17.2 Å². The Morgan fingerprint density at radius 3 is 2.07 bits per heavy atom. The van der Waals surface area contributed by atoms with Crippen LogP contribution in [-0.4, -0.2) is 27.7 Å². The van der Waals surface area contributed by atoms with E-state index in [0.717, 1.165) is 5.56 Å². The van der Waals surface area contributed by atoms with Crippen LogP contribution >= 0.6 is 11.6 Å². The van der Waals surface area contributed by atoms with Crippen molar-refractivity contribution in [3.05, 3.63) is 143 Å². The van der Waals surface area contributed by atoms with Gasteiger partial charge >= 0.3 is 0 Å². The first kappa shape index (κ1) is 30.7. The van der Waals surface area contributed by atoms with Gasteiger partial charge in [-0.1, -0.05) is 59.6 Å². The van der Waals surface area contributed by atoms with E-state index in [0.29, 0.717) is 16.3 Å². The standard InChI is InChI=1S/C32H27ClN4O5S2/c1-23-9-17-28(18-10-23)44(41,42)37(22-24-11-13-25(33)14-12-24)30-7-3-2-6-29(30)32(38)35-26-15-19-27(20-16-26)43(39,40)36-31-8-4-5-21-34-31/h2-21H,22H2,1H3,(H,34,36)(H,35,38). The largest absolute Gasteiger partial charge is 0.322 e. The van der Waals surface area contributed by atoms with E-state index < -0.39 is 26.0 Å². The summed E-state index contributed by atoms with van der Waals surface area (Å²) in [4.78, 5) is 17.6. The zero-order chi connectivity index (χ0) is 31.3. The van der Waals surface area contributed by atoms with E-state index in [4.69, 9.17) is 11.6 Å². The molecular formula is C32H27ClN4O5S2. The van der Waals surface area contributed by atoms with Crippen molar-refractivity contribution in [3.8, 4) is 0 Å². The highest BCUT2D eigenvalue weighted by molar-refractivity contribution is 7.93. The lowest BCUT2D eigenvalue weighted by Gasteiger charge is -2.27. The lowest BCUT2D eigenvalue weighted by atomic mass is 10.1. The smallest absolute Gasteiger partial charge is 0.264 e. The predicted molar refractivity (Wildman–Crippen MR) is 172 cm³/mol. The molecule has 0 radical (unpaired) electrons. The topological polar surface area (TPSA) is 126 Å². The van der Waals surface area contributed by atoms with Crippen LogP contribution in [0.2, 0.25) is 5.02 Å². The molecule has 9 nitrogen and oxygen atoms in total. The molecule has 0 aliphatic heterocycles. The Kier molecular flexibility index (Phi) is 9.00. The molecule has 12 heteroatoms. The van der Waals surface area contributed by atoms with Gasteiger partial charge < -0.3 is 5.32 Å². The second kappa shape index (κ2) is 12.9. The number of aromatic nitrogens is 1. The monoisotopic (exact) mass is 646 g/mol. The minimum Gasteiger partial charge on any atom is -0.322 e. The van der Waals surface area contributed by atoms with E-state index >= 15 is 0 Å². The molecule has 2 N–H and O–H groups in total. The maximum Gasteiger partial charge on any atom is 0.264 e. The number of nitrogens with zero attached hydrogens (tertiary/aromatic N) is 2. The number of carbonyl (C=O) groups is 1. The molecule has 0 atom stereocenters. The summed E-state index contributed by atoms with van der Waals surface area (Å²) in [6, 6.07) is 30.1. The Bertz CT molecular complexity index is 1990. The molecule has 0 saturated carbocycles. The number of aryl methyl sites for hydroxylation is 1. The van der Waals surface area contributed by atoms with E-state index in [1.165, 1.54) is 59.0 Å². The third-order valence-electron chi connectivity index (χ3n) is 6.59. The number of pyridine rings is 1. The zero-order valence-electron chi connectivity index (χ0n) is 23.4. The van der Waals surface area contributed by atoms with Gasteiger partial charge in [0.2, 0.25) is 0 Å². The van der Waals surface area contributed by atoms with Crippen LogP contribution in [0.25, 0.3) is 0 Å². The van der Waals surface area contributed by atoms with Crippen LogP contribution in [0, 0.1) is 6.92 Å². The Labute approximate surface area is 261 Å². The van der Waals surface area contributed by atoms with Crippen LogP contribution < -0.4 is 14.3 Å². The first-order chi connectivity index (χ1) is 21.0. The van der Waals surface area contributed by atoms with Crippen LogP contribution in [-0.2, 0) is 26.6 Å². The van der Waals surface area contributed by atoms with Gasteiger partial charge in [-0.15, -0.1) is 0 Å². The molecule has 1 aromatic heterocycles. The molecule has 1 heterocycles. The highest BCUT2D eigenvalue weighted by Gasteiger charge is 2.29. The minimum atomic E-state index is -4.11. The van der Waals surface area contributed by atoms with E-state index in [1.807, 2.05) is 6.92 Å². The van der Waals surface area contributed by atoms with Crippen molar-refractivity contribution in [1.82, 2.24) is 4.98 Å². The molecule has 224 valence electrons. The molecule has 5 rings (SSSR count). The summed E-state index contributed by atoms with van der Waals surface area (Å²) >= 11 is 6.06. The number of benzene rings is 4.